The van der Waals surface area contributed by atoms with Crippen molar-refractivity contribution in [2.45, 2.75) is 46.2 Å². The smallest absolute Gasteiger partial charge is 0.224 e. The Hall–Kier alpha value is -1.66. The maximum atomic E-state index is 12.5. The predicted octanol–water partition coefficient (Wildman–Crippen LogP) is 3.14. The third-order valence-electron chi connectivity index (χ3n) is 4.50. The molecule has 3 rings (SSSR count). The van der Waals surface area contributed by atoms with Crippen molar-refractivity contribution in [2.75, 3.05) is 13.1 Å². The van der Waals surface area contributed by atoms with E-state index in [2.05, 4.69) is 22.1 Å². The topological polar surface area (TPSA) is 58.4 Å². The number of aryl methyl sites for hydroxylation is 2. The molecule has 0 aliphatic carbocycles. The maximum absolute atomic E-state index is 12.5. The van der Waals surface area contributed by atoms with E-state index in [0.29, 0.717) is 6.54 Å². The maximum Gasteiger partial charge on any atom is 0.224 e. The first-order chi connectivity index (χ1) is 11.7. The number of hydrogen-bond acceptors (Lipinski definition) is 5. The zero-order valence-electron chi connectivity index (χ0n) is 14.4. The van der Waals surface area contributed by atoms with Crippen LogP contribution in [0.5, 0.6) is 0 Å². The van der Waals surface area contributed by atoms with Crippen LogP contribution in [-0.4, -0.2) is 28.9 Å². The molecule has 24 heavy (non-hydrogen) atoms. The number of furan rings is 1. The van der Waals surface area contributed by atoms with Gasteiger partial charge in [0.15, 0.2) is 0 Å². The number of carbonyl (C=O) groups is 1. The third kappa shape index (κ3) is 4.24. The number of hydrogen-bond donors (Lipinski definition) is 1. The Bertz CT molecular complexity index is 666. The number of aromatic nitrogens is 1. The molecule has 0 bridgehead atoms. The molecule has 1 unspecified atom stereocenters. The molecule has 6 heteroatoms. The molecule has 130 valence electrons. The summed E-state index contributed by atoms with van der Waals surface area (Å²) in [6.45, 7) is 7.33. The lowest BCUT2D eigenvalue weighted by Gasteiger charge is -2.31. The number of nitrogens with zero attached hydrogens (tertiary/aromatic N) is 2. The first-order valence-corrected chi connectivity index (χ1v) is 9.45. The summed E-state index contributed by atoms with van der Waals surface area (Å²) in [4.78, 5) is 20.5. The van der Waals surface area contributed by atoms with Crippen molar-refractivity contribution in [2.24, 2.45) is 5.92 Å². The Morgan fingerprint density at radius 3 is 3.12 bits per heavy atom. The minimum atomic E-state index is 0.0626. The van der Waals surface area contributed by atoms with Gasteiger partial charge in [0, 0.05) is 11.4 Å². The van der Waals surface area contributed by atoms with E-state index in [9.17, 15) is 4.79 Å². The first kappa shape index (κ1) is 17.2. The van der Waals surface area contributed by atoms with Gasteiger partial charge in [0.2, 0.25) is 5.91 Å². The number of thiazole rings is 1. The normalized spacial score (nSPS) is 18.7. The van der Waals surface area contributed by atoms with Crippen molar-refractivity contribution >= 4 is 17.2 Å². The molecular weight excluding hydrogens is 322 g/mol. The van der Waals surface area contributed by atoms with Crippen molar-refractivity contribution in [1.29, 1.82) is 0 Å². The molecule has 5 nitrogen and oxygen atoms in total. The van der Waals surface area contributed by atoms with Crippen LogP contribution in [-0.2, 0) is 24.3 Å². The van der Waals surface area contributed by atoms with E-state index in [4.69, 9.17) is 4.42 Å². The van der Waals surface area contributed by atoms with Crippen molar-refractivity contribution < 1.29 is 9.21 Å². The molecule has 0 radical (unpaired) electrons. The largest absolute Gasteiger partial charge is 0.468 e. The molecule has 1 aliphatic rings. The van der Waals surface area contributed by atoms with Crippen molar-refractivity contribution in [3.05, 3.63) is 39.7 Å². The van der Waals surface area contributed by atoms with Gasteiger partial charge in [-0.1, -0.05) is 6.92 Å². The Kier molecular flexibility index (Phi) is 5.68. The summed E-state index contributed by atoms with van der Waals surface area (Å²) in [6, 6.07) is 3.90. The summed E-state index contributed by atoms with van der Waals surface area (Å²) >= 11 is 1.70. The monoisotopic (exact) mass is 347 g/mol. The Morgan fingerprint density at radius 1 is 1.54 bits per heavy atom. The Balaban J connectivity index is 1.51. The summed E-state index contributed by atoms with van der Waals surface area (Å²) in [5.41, 5.74) is 1.04. The first-order valence-electron chi connectivity index (χ1n) is 8.63. The second kappa shape index (κ2) is 7.94. The van der Waals surface area contributed by atoms with Crippen LogP contribution in [0.3, 0.4) is 0 Å². The fourth-order valence-electron chi connectivity index (χ4n) is 3.15. The van der Waals surface area contributed by atoms with Crippen LogP contribution in [0.4, 0.5) is 0 Å². The van der Waals surface area contributed by atoms with Gasteiger partial charge in [-0.2, -0.15) is 0 Å². The molecule has 0 saturated carbocycles. The number of likely N-dealkylation sites (tertiary alicyclic amines) is 1. The molecule has 0 spiro atoms. The van der Waals surface area contributed by atoms with Gasteiger partial charge in [0.1, 0.15) is 5.76 Å². The van der Waals surface area contributed by atoms with E-state index in [0.717, 1.165) is 55.4 Å². The number of nitrogens with one attached hydrogen (secondary N) is 1. The van der Waals surface area contributed by atoms with Gasteiger partial charge in [0.25, 0.3) is 0 Å². The van der Waals surface area contributed by atoms with E-state index >= 15 is 0 Å². The van der Waals surface area contributed by atoms with Gasteiger partial charge >= 0.3 is 0 Å². The number of piperidine rings is 1. The van der Waals surface area contributed by atoms with E-state index in [1.807, 2.05) is 19.1 Å². The minimum absolute atomic E-state index is 0.0626. The Morgan fingerprint density at radius 2 is 2.42 bits per heavy atom. The highest BCUT2D eigenvalue weighted by Gasteiger charge is 2.26. The molecule has 1 fully saturated rings. The lowest BCUT2D eigenvalue weighted by molar-refractivity contribution is -0.127. The van der Waals surface area contributed by atoms with Gasteiger partial charge in [-0.25, -0.2) is 4.98 Å². The molecule has 1 saturated heterocycles. The van der Waals surface area contributed by atoms with E-state index in [1.165, 1.54) is 4.88 Å². The van der Waals surface area contributed by atoms with Gasteiger partial charge in [-0.15, -0.1) is 11.3 Å². The molecule has 1 N–H and O–H groups in total. The average Bonchev–Trinajstić information content (AvgIpc) is 3.22. The van der Waals surface area contributed by atoms with Crippen molar-refractivity contribution in [1.82, 2.24) is 15.2 Å². The summed E-state index contributed by atoms with van der Waals surface area (Å²) in [6.07, 6.45) is 4.66. The van der Waals surface area contributed by atoms with Crippen LogP contribution in [0, 0.1) is 12.8 Å². The van der Waals surface area contributed by atoms with Crippen LogP contribution in [0.2, 0.25) is 0 Å². The number of rotatable bonds is 6. The quantitative estimate of drug-likeness (QED) is 0.872. The third-order valence-corrected chi connectivity index (χ3v) is 5.80. The average molecular weight is 347 g/mol. The molecule has 2 aromatic heterocycles. The molecule has 2 aromatic rings. The summed E-state index contributed by atoms with van der Waals surface area (Å²) < 4.78 is 5.42. The summed E-state index contributed by atoms with van der Waals surface area (Å²) in [5.74, 6) is 1.18. The standard InChI is InChI=1S/C18H25N3O2S/c1-3-17-20-13(2)16(24-17)10-19-18(22)14-6-4-8-21(11-14)12-15-7-5-9-23-15/h5,7,9,14H,3-4,6,8,10-12H2,1-2H3,(H,19,22). The summed E-state index contributed by atoms with van der Waals surface area (Å²) in [7, 11) is 0. The minimum Gasteiger partial charge on any atom is -0.468 e. The number of amides is 1. The van der Waals surface area contributed by atoms with E-state index in [-0.39, 0.29) is 11.8 Å². The second-order valence-corrected chi connectivity index (χ2v) is 7.51. The van der Waals surface area contributed by atoms with Crippen LogP contribution >= 0.6 is 11.3 Å². The number of carbonyl (C=O) groups excluding carboxylic acids is 1. The highest BCUT2D eigenvalue weighted by molar-refractivity contribution is 7.11. The van der Waals surface area contributed by atoms with Gasteiger partial charge in [0.05, 0.1) is 36.0 Å². The van der Waals surface area contributed by atoms with Crippen LogP contribution in [0.15, 0.2) is 22.8 Å². The fourth-order valence-corrected chi connectivity index (χ4v) is 4.10. The van der Waals surface area contributed by atoms with E-state index in [1.54, 1.807) is 17.6 Å². The van der Waals surface area contributed by atoms with Crippen molar-refractivity contribution in [3.63, 3.8) is 0 Å². The van der Waals surface area contributed by atoms with Crippen LogP contribution in [0.1, 0.15) is 41.1 Å². The Labute approximate surface area is 147 Å². The highest BCUT2D eigenvalue weighted by atomic mass is 32.1. The predicted molar refractivity (Wildman–Crippen MR) is 94.8 cm³/mol. The molecule has 1 amide bonds. The lowest BCUT2D eigenvalue weighted by atomic mass is 9.97. The van der Waals surface area contributed by atoms with Crippen molar-refractivity contribution in [3.8, 4) is 0 Å². The molecule has 1 atom stereocenters. The fraction of sp³-hybridized carbons (Fsp3) is 0.556. The second-order valence-electron chi connectivity index (χ2n) is 6.34. The molecular formula is C18H25N3O2S. The van der Waals surface area contributed by atoms with Crippen LogP contribution in [0.25, 0.3) is 0 Å². The molecule has 3 heterocycles. The lowest BCUT2D eigenvalue weighted by Crippen LogP contribution is -2.42. The SMILES string of the molecule is CCc1nc(C)c(CNC(=O)C2CCCN(Cc3ccco3)C2)s1. The van der Waals surface area contributed by atoms with Gasteiger partial charge < -0.3 is 9.73 Å². The zero-order valence-corrected chi connectivity index (χ0v) is 15.2. The highest BCUT2D eigenvalue weighted by Crippen LogP contribution is 2.21. The molecule has 1 aliphatic heterocycles. The van der Waals surface area contributed by atoms with Gasteiger partial charge in [-0.3, -0.25) is 9.69 Å². The zero-order chi connectivity index (χ0) is 16.9. The van der Waals surface area contributed by atoms with Gasteiger partial charge in [-0.05, 0) is 44.9 Å². The van der Waals surface area contributed by atoms with E-state index < -0.39 is 0 Å². The summed E-state index contributed by atoms with van der Waals surface area (Å²) in [5, 5.41) is 4.25. The molecule has 0 aromatic carbocycles. The van der Waals surface area contributed by atoms with Crippen LogP contribution < -0.4 is 5.32 Å².